The molecule has 0 unspecified atom stereocenters. The van der Waals surface area contributed by atoms with Gasteiger partial charge in [0, 0.05) is 24.2 Å². The van der Waals surface area contributed by atoms with Crippen LogP contribution < -0.4 is 9.47 Å². The molecule has 0 amide bonds. The van der Waals surface area contributed by atoms with E-state index in [1.165, 1.54) is 6.33 Å². The molecule has 1 N–H and O–H groups in total. The number of H-pyrrole nitrogens is 1. The van der Waals surface area contributed by atoms with E-state index in [1.54, 1.807) is 0 Å². The highest BCUT2D eigenvalue weighted by Crippen LogP contribution is 2.21. The molecule has 2 aromatic heterocycles. The molecule has 4 aromatic rings. The van der Waals surface area contributed by atoms with Crippen molar-refractivity contribution in [3.63, 3.8) is 0 Å². The van der Waals surface area contributed by atoms with Gasteiger partial charge < -0.3 is 9.47 Å². The average Bonchev–Trinajstić information content (AvgIpc) is 3.30. The fraction of sp³-hybridized carbons (Fsp3) is 0.174. The molecule has 0 saturated heterocycles. The quantitative estimate of drug-likeness (QED) is 0.430. The van der Waals surface area contributed by atoms with Crippen LogP contribution in [-0.4, -0.2) is 26.8 Å². The molecule has 0 radical (unpaired) electrons. The van der Waals surface area contributed by atoms with E-state index in [0.29, 0.717) is 13.2 Å². The topological polar surface area (TPSA) is 72.9 Å². The van der Waals surface area contributed by atoms with Gasteiger partial charge in [-0.05, 0) is 30.2 Å². The van der Waals surface area contributed by atoms with Gasteiger partial charge >= 0.3 is 0 Å². The van der Waals surface area contributed by atoms with Gasteiger partial charge in [-0.3, -0.25) is 10.1 Å². The van der Waals surface area contributed by atoms with E-state index in [9.17, 15) is 0 Å². The number of aromatic amines is 1. The zero-order valence-electron chi connectivity index (χ0n) is 16.0. The van der Waals surface area contributed by atoms with E-state index in [2.05, 4.69) is 38.4 Å². The van der Waals surface area contributed by atoms with Gasteiger partial charge in [0.2, 0.25) is 0 Å². The number of benzene rings is 2. The Morgan fingerprint density at radius 3 is 2.41 bits per heavy atom. The van der Waals surface area contributed by atoms with Gasteiger partial charge in [-0.25, -0.2) is 4.98 Å². The standard InChI is InChI=1S/C23H22N4O2/c1-2-6-18(7-3-1)19-11-12-20(24-15-19)16-29-22-9-4-8-21(14-22)28-13-5-10-23-25-17-26-27-23/h1-4,6-9,11-12,14-15,17H,5,10,13,16H2,(H,25,26,27). The van der Waals surface area contributed by atoms with E-state index in [0.717, 1.165) is 47.0 Å². The highest BCUT2D eigenvalue weighted by atomic mass is 16.5. The average molecular weight is 386 g/mol. The number of pyridine rings is 1. The van der Waals surface area contributed by atoms with Crippen molar-refractivity contribution >= 4 is 0 Å². The molecule has 0 fully saturated rings. The van der Waals surface area contributed by atoms with Gasteiger partial charge in [-0.15, -0.1) is 0 Å². The van der Waals surface area contributed by atoms with Crippen molar-refractivity contribution in [2.45, 2.75) is 19.4 Å². The summed E-state index contributed by atoms with van der Waals surface area (Å²) in [5.41, 5.74) is 3.12. The molecule has 0 aliphatic carbocycles. The van der Waals surface area contributed by atoms with Crippen molar-refractivity contribution in [2.75, 3.05) is 6.61 Å². The van der Waals surface area contributed by atoms with Crippen LogP contribution in [-0.2, 0) is 13.0 Å². The first-order valence-corrected chi connectivity index (χ1v) is 9.57. The second-order valence-corrected chi connectivity index (χ2v) is 6.55. The lowest BCUT2D eigenvalue weighted by molar-refractivity contribution is 0.289. The molecule has 4 rings (SSSR count). The summed E-state index contributed by atoms with van der Waals surface area (Å²) in [6.07, 6.45) is 5.06. The van der Waals surface area contributed by atoms with E-state index in [-0.39, 0.29) is 0 Å². The second kappa shape index (κ2) is 9.50. The molecule has 0 spiro atoms. The Balaban J connectivity index is 1.27. The molecule has 6 heteroatoms. The van der Waals surface area contributed by atoms with E-state index in [4.69, 9.17) is 9.47 Å². The smallest absolute Gasteiger partial charge is 0.137 e. The predicted octanol–water partition coefficient (Wildman–Crippen LogP) is 4.46. The molecular weight excluding hydrogens is 364 g/mol. The first-order valence-electron chi connectivity index (χ1n) is 9.57. The third-order valence-electron chi connectivity index (χ3n) is 4.42. The summed E-state index contributed by atoms with van der Waals surface area (Å²) < 4.78 is 11.7. The van der Waals surface area contributed by atoms with Crippen LogP contribution in [0, 0.1) is 0 Å². The van der Waals surface area contributed by atoms with Crippen molar-refractivity contribution in [1.82, 2.24) is 20.2 Å². The summed E-state index contributed by atoms with van der Waals surface area (Å²) in [7, 11) is 0. The normalized spacial score (nSPS) is 10.6. The third kappa shape index (κ3) is 5.42. The van der Waals surface area contributed by atoms with Crippen LogP contribution in [0.3, 0.4) is 0 Å². The lowest BCUT2D eigenvalue weighted by Crippen LogP contribution is -2.01. The lowest BCUT2D eigenvalue weighted by atomic mass is 10.1. The van der Waals surface area contributed by atoms with Crippen LogP contribution in [0.4, 0.5) is 0 Å². The van der Waals surface area contributed by atoms with Crippen molar-refractivity contribution in [3.05, 3.63) is 90.8 Å². The van der Waals surface area contributed by atoms with Crippen LogP contribution >= 0.6 is 0 Å². The molecule has 146 valence electrons. The fourth-order valence-corrected chi connectivity index (χ4v) is 2.90. The molecule has 0 bridgehead atoms. The third-order valence-corrected chi connectivity index (χ3v) is 4.42. The SMILES string of the molecule is c1ccc(-c2ccc(COc3cccc(OCCCc4ncn[nH]4)c3)nc2)cc1. The number of hydrogen-bond acceptors (Lipinski definition) is 5. The van der Waals surface area contributed by atoms with Crippen LogP contribution in [0.1, 0.15) is 17.9 Å². The lowest BCUT2D eigenvalue weighted by Gasteiger charge is -2.09. The Morgan fingerprint density at radius 1 is 0.793 bits per heavy atom. The number of aryl methyl sites for hydroxylation is 1. The Hall–Kier alpha value is -3.67. The molecule has 0 saturated carbocycles. The fourth-order valence-electron chi connectivity index (χ4n) is 2.90. The molecule has 6 nitrogen and oxygen atoms in total. The minimum Gasteiger partial charge on any atom is -0.493 e. The van der Waals surface area contributed by atoms with Crippen molar-refractivity contribution in [3.8, 4) is 22.6 Å². The summed E-state index contributed by atoms with van der Waals surface area (Å²) in [5, 5.41) is 6.68. The van der Waals surface area contributed by atoms with Crippen LogP contribution in [0.2, 0.25) is 0 Å². The number of hydrogen-bond donors (Lipinski definition) is 1. The summed E-state index contributed by atoms with van der Waals surface area (Å²) in [5.74, 6) is 2.41. The Morgan fingerprint density at radius 2 is 1.66 bits per heavy atom. The first-order chi connectivity index (χ1) is 14.4. The summed E-state index contributed by atoms with van der Waals surface area (Å²) >= 11 is 0. The van der Waals surface area contributed by atoms with E-state index >= 15 is 0 Å². The van der Waals surface area contributed by atoms with Gasteiger partial charge in [0.25, 0.3) is 0 Å². The monoisotopic (exact) mass is 386 g/mol. The van der Waals surface area contributed by atoms with Gasteiger partial charge in [-0.1, -0.05) is 42.5 Å². The largest absolute Gasteiger partial charge is 0.493 e. The number of nitrogens with zero attached hydrogens (tertiary/aromatic N) is 3. The van der Waals surface area contributed by atoms with E-state index < -0.39 is 0 Å². The predicted molar refractivity (Wildman–Crippen MR) is 111 cm³/mol. The molecule has 2 heterocycles. The number of ether oxygens (including phenoxy) is 2. The van der Waals surface area contributed by atoms with Crippen molar-refractivity contribution in [2.24, 2.45) is 0 Å². The van der Waals surface area contributed by atoms with Gasteiger partial charge in [-0.2, -0.15) is 5.10 Å². The van der Waals surface area contributed by atoms with Crippen LogP contribution in [0.25, 0.3) is 11.1 Å². The van der Waals surface area contributed by atoms with Gasteiger partial charge in [0.05, 0.1) is 12.3 Å². The Kier molecular flexibility index (Phi) is 6.12. The summed E-state index contributed by atoms with van der Waals surface area (Å²) in [6.45, 7) is 1.01. The molecule has 2 aromatic carbocycles. The van der Waals surface area contributed by atoms with Crippen LogP contribution in [0.5, 0.6) is 11.5 Å². The summed E-state index contributed by atoms with van der Waals surface area (Å²) in [4.78, 5) is 8.61. The zero-order chi connectivity index (χ0) is 19.7. The first kappa shape index (κ1) is 18.7. The maximum Gasteiger partial charge on any atom is 0.137 e. The second-order valence-electron chi connectivity index (χ2n) is 6.55. The molecular formula is C23H22N4O2. The molecule has 0 aliphatic heterocycles. The molecule has 29 heavy (non-hydrogen) atoms. The maximum absolute atomic E-state index is 5.88. The van der Waals surface area contributed by atoms with E-state index in [1.807, 2.05) is 54.7 Å². The number of aromatic nitrogens is 4. The zero-order valence-corrected chi connectivity index (χ0v) is 16.0. The summed E-state index contributed by atoms with van der Waals surface area (Å²) in [6, 6.07) is 21.9. The minimum atomic E-state index is 0.407. The Labute approximate surface area is 169 Å². The molecule has 0 aliphatic rings. The maximum atomic E-state index is 5.88. The van der Waals surface area contributed by atoms with Crippen molar-refractivity contribution in [1.29, 1.82) is 0 Å². The van der Waals surface area contributed by atoms with Gasteiger partial charge in [0.15, 0.2) is 0 Å². The van der Waals surface area contributed by atoms with Crippen LogP contribution in [0.15, 0.2) is 79.3 Å². The van der Waals surface area contributed by atoms with Gasteiger partial charge in [0.1, 0.15) is 30.3 Å². The highest BCUT2D eigenvalue weighted by Gasteiger charge is 2.03. The molecule has 0 atom stereocenters. The van der Waals surface area contributed by atoms with Crippen molar-refractivity contribution < 1.29 is 9.47 Å². The number of rotatable bonds is 9. The Bertz CT molecular complexity index is 1000. The number of nitrogens with one attached hydrogen (secondary N) is 1. The minimum absolute atomic E-state index is 0.407. The highest BCUT2D eigenvalue weighted by molar-refractivity contribution is 5.62.